The van der Waals surface area contributed by atoms with Crippen molar-refractivity contribution >= 4 is 28.6 Å². The van der Waals surface area contributed by atoms with Gasteiger partial charge in [0, 0.05) is 12.7 Å². The first-order valence-electron chi connectivity index (χ1n) is 11.4. The van der Waals surface area contributed by atoms with Crippen molar-refractivity contribution in [3.05, 3.63) is 87.0 Å². The van der Waals surface area contributed by atoms with Gasteiger partial charge >= 0.3 is 5.97 Å². The van der Waals surface area contributed by atoms with E-state index in [1.807, 2.05) is 19.9 Å². The molecule has 3 heterocycles. The summed E-state index contributed by atoms with van der Waals surface area (Å²) in [6.45, 7) is 5.89. The number of hydrogen-bond donors (Lipinski definition) is 0. The zero-order valence-corrected chi connectivity index (χ0v) is 19.7. The summed E-state index contributed by atoms with van der Waals surface area (Å²) in [6.07, 6.45) is 3.07. The zero-order valence-electron chi connectivity index (χ0n) is 19.7. The minimum Gasteiger partial charge on any atom is -0.462 e. The molecule has 0 fully saturated rings. The summed E-state index contributed by atoms with van der Waals surface area (Å²) in [7, 11) is 0. The quantitative estimate of drug-likeness (QED) is 0.312. The Kier molecular flexibility index (Phi) is 6.86. The Morgan fingerprint density at radius 2 is 1.86 bits per heavy atom. The standard InChI is InChI=1S/C26H25FN4O4/c1-4-6-13-30-22-18(25(33)31-14-9-10-16(3)21(31)28-22)15-19(26(34)35-5-2)23(30)29-24(32)17-11-7-8-12-20(17)27/h7-12,14-15H,4-6,13H2,1-3H3. The van der Waals surface area contributed by atoms with Crippen molar-refractivity contribution in [2.75, 3.05) is 6.61 Å². The molecule has 0 atom stereocenters. The van der Waals surface area contributed by atoms with E-state index in [0.717, 1.165) is 18.1 Å². The average Bonchev–Trinajstić information content (AvgIpc) is 2.84. The van der Waals surface area contributed by atoms with Crippen LogP contribution in [0.2, 0.25) is 0 Å². The highest BCUT2D eigenvalue weighted by atomic mass is 19.1. The highest BCUT2D eigenvalue weighted by molar-refractivity contribution is 5.97. The lowest BCUT2D eigenvalue weighted by molar-refractivity contribution is 0.0523. The molecule has 4 aromatic rings. The second-order valence-electron chi connectivity index (χ2n) is 8.04. The van der Waals surface area contributed by atoms with E-state index in [-0.39, 0.29) is 39.8 Å². The van der Waals surface area contributed by atoms with Crippen LogP contribution in [0.5, 0.6) is 0 Å². The molecule has 0 saturated carbocycles. The molecule has 8 nitrogen and oxygen atoms in total. The molecule has 0 aliphatic carbocycles. The number of aromatic nitrogens is 3. The smallest absolute Gasteiger partial charge is 0.341 e. The molecule has 1 aromatic carbocycles. The van der Waals surface area contributed by atoms with Crippen LogP contribution >= 0.6 is 0 Å². The maximum Gasteiger partial charge on any atom is 0.341 e. The van der Waals surface area contributed by atoms with E-state index in [9.17, 15) is 18.8 Å². The van der Waals surface area contributed by atoms with Crippen molar-refractivity contribution in [3.8, 4) is 0 Å². The van der Waals surface area contributed by atoms with Gasteiger partial charge in [-0.1, -0.05) is 31.5 Å². The largest absolute Gasteiger partial charge is 0.462 e. The monoisotopic (exact) mass is 476 g/mol. The Morgan fingerprint density at radius 3 is 2.57 bits per heavy atom. The van der Waals surface area contributed by atoms with Gasteiger partial charge in [-0.15, -0.1) is 0 Å². The number of esters is 1. The minimum absolute atomic E-state index is 0.0255. The number of aryl methyl sites for hydroxylation is 2. The lowest BCUT2D eigenvalue weighted by Crippen LogP contribution is -2.33. The molecule has 0 unspecified atom stereocenters. The van der Waals surface area contributed by atoms with Gasteiger partial charge in [-0.25, -0.2) is 14.2 Å². The molecule has 1 amide bonds. The molecule has 0 radical (unpaired) electrons. The molecule has 0 N–H and O–H groups in total. The fraction of sp³-hybridized carbons (Fsp3) is 0.269. The van der Waals surface area contributed by atoms with Crippen molar-refractivity contribution in [3.63, 3.8) is 0 Å². The Labute approximate surface area is 200 Å². The van der Waals surface area contributed by atoms with E-state index < -0.39 is 17.7 Å². The van der Waals surface area contributed by atoms with Crippen LogP contribution in [0, 0.1) is 12.7 Å². The van der Waals surface area contributed by atoms with Crippen LogP contribution in [0.3, 0.4) is 0 Å². The number of pyridine rings is 2. The third kappa shape index (κ3) is 4.49. The second kappa shape index (κ2) is 10.0. The number of unbranched alkanes of at least 4 members (excludes halogenated alkanes) is 1. The number of carbonyl (C=O) groups is 2. The van der Waals surface area contributed by atoms with E-state index >= 15 is 0 Å². The van der Waals surface area contributed by atoms with Crippen LogP contribution in [0.4, 0.5) is 4.39 Å². The number of ether oxygens (including phenoxy) is 1. The third-order valence-corrected chi connectivity index (χ3v) is 5.65. The van der Waals surface area contributed by atoms with Gasteiger partial charge in [-0.2, -0.15) is 4.99 Å². The molecule has 4 rings (SSSR count). The molecular weight excluding hydrogens is 451 g/mol. The number of halogens is 1. The Bertz CT molecular complexity index is 1590. The summed E-state index contributed by atoms with van der Waals surface area (Å²) in [5.41, 5.74) is 0.831. The van der Waals surface area contributed by atoms with Gasteiger partial charge in [-0.3, -0.25) is 14.0 Å². The number of amides is 1. The summed E-state index contributed by atoms with van der Waals surface area (Å²) < 4.78 is 22.5. The number of rotatable bonds is 6. The first kappa shape index (κ1) is 24.0. The van der Waals surface area contributed by atoms with E-state index in [1.165, 1.54) is 28.7 Å². The molecule has 9 heteroatoms. The number of fused-ring (bicyclic) bond motifs is 2. The predicted octanol–water partition coefficient (Wildman–Crippen LogP) is 3.81. The molecular formula is C26H25FN4O4. The van der Waals surface area contributed by atoms with E-state index in [0.29, 0.717) is 18.6 Å². The van der Waals surface area contributed by atoms with Crippen LogP contribution in [0.1, 0.15) is 53.0 Å². The minimum atomic E-state index is -0.855. The van der Waals surface area contributed by atoms with Gasteiger partial charge in [0.1, 0.15) is 22.7 Å². The third-order valence-electron chi connectivity index (χ3n) is 5.65. The Hall–Kier alpha value is -4.14. The molecule has 0 bridgehead atoms. The van der Waals surface area contributed by atoms with Crippen LogP contribution in [-0.4, -0.2) is 32.4 Å². The molecule has 35 heavy (non-hydrogen) atoms. The van der Waals surface area contributed by atoms with Crippen molar-refractivity contribution in [2.24, 2.45) is 4.99 Å². The maximum absolute atomic E-state index is 14.3. The fourth-order valence-electron chi connectivity index (χ4n) is 3.89. The lowest BCUT2D eigenvalue weighted by atomic mass is 10.1. The normalized spacial score (nSPS) is 11.8. The molecule has 3 aromatic heterocycles. The van der Waals surface area contributed by atoms with Gasteiger partial charge in [0.25, 0.3) is 11.5 Å². The number of benzene rings is 1. The lowest BCUT2D eigenvalue weighted by Gasteiger charge is -2.15. The molecule has 180 valence electrons. The first-order chi connectivity index (χ1) is 16.9. The van der Waals surface area contributed by atoms with Gasteiger partial charge in [0.05, 0.1) is 17.6 Å². The number of carbonyl (C=O) groups excluding carboxylic acids is 2. The van der Waals surface area contributed by atoms with E-state index in [1.54, 1.807) is 23.8 Å². The van der Waals surface area contributed by atoms with Crippen molar-refractivity contribution < 1.29 is 18.7 Å². The first-order valence-corrected chi connectivity index (χ1v) is 11.4. The van der Waals surface area contributed by atoms with Crippen LogP contribution in [0.15, 0.2) is 58.4 Å². The van der Waals surface area contributed by atoms with Crippen LogP contribution in [0.25, 0.3) is 16.7 Å². The molecule has 0 aliphatic rings. The highest BCUT2D eigenvalue weighted by Gasteiger charge is 2.21. The Balaban J connectivity index is 2.15. The van der Waals surface area contributed by atoms with Crippen molar-refractivity contribution in [2.45, 2.75) is 40.2 Å². The highest BCUT2D eigenvalue weighted by Crippen LogP contribution is 2.15. The maximum atomic E-state index is 14.3. The van der Waals surface area contributed by atoms with Crippen molar-refractivity contribution in [1.29, 1.82) is 0 Å². The Morgan fingerprint density at radius 1 is 1.09 bits per heavy atom. The van der Waals surface area contributed by atoms with E-state index in [4.69, 9.17) is 9.72 Å². The zero-order chi connectivity index (χ0) is 25.1. The molecule has 0 aliphatic heterocycles. The summed E-state index contributed by atoms with van der Waals surface area (Å²) >= 11 is 0. The summed E-state index contributed by atoms with van der Waals surface area (Å²) in [6, 6.07) is 10.4. The van der Waals surface area contributed by atoms with Crippen molar-refractivity contribution in [1.82, 2.24) is 14.0 Å². The van der Waals surface area contributed by atoms with Gasteiger partial charge in [-0.05, 0) is 50.1 Å². The predicted molar refractivity (Wildman–Crippen MR) is 129 cm³/mol. The summed E-state index contributed by atoms with van der Waals surface area (Å²) in [5.74, 6) is -2.32. The van der Waals surface area contributed by atoms with Gasteiger partial charge < -0.3 is 9.30 Å². The SMILES string of the molecule is CCCCn1c(=NC(=O)c2ccccc2F)c(C(=O)OCC)cc2c(=O)n3cccc(C)c3nc21. The van der Waals surface area contributed by atoms with Crippen LogP contribution in [-0.2, 0) is 11.3 Å². The second-order valence-corrected chi connectivity index (χ2v) is 8.04. The van der Waals surface area contributed by atoms with Gasteiger partial charge in [0.2, 0.25) is 0 Å². The van der Waals surface area contributed by atoms with Crippen LogP contribution < -0.4 is 11.0 Å². The van der Waals surface area contributed by atoms with E-state index in [2.05, 4.69) is 4.99 Å². The fourth-order valence-corrected chi connectivity index (χ4v) is 3.89. The summed E-state index contributed by atoms with van der Waals surface area (Å²) in [5, 5.41) is 0.185. The average molecular weight is 477 g/mol. The van der Waals surface area contributed by atoms with Gasteiger partial charge in [0.15, 0.2) is 5.49 Å². The number of nitrogens with zero attached hydrogens (tertiary/aromatic N) is 4. The molecule has 0 spiro atoms. The number of hydrogen-bond acceptors (Lipinski definition) is 5. The summed E-state index contributed by atoms with van der Waals surface area (Å²) in [4.78, 5) is 48.2. The molecule has 0 saturated heterocycles. The topological polar surface area (TPSA) is 95.0 Å².